The fraction of sp³-hybridized carbons (Fsp3) is 0.385. The molecule has 3 rings (SSSR count). The number of ether oxygens (including phenoxy) is 2. The minimum Gasteiger partial charge on any atom is -0.507 e. The highest BCUT2D eigenvalue weighted by Gasteiger charge is 2.46. The van der Waals surface area contributed by atoms with Gasteiger partial charge in [-0.3, -0.25) is 9.59 Å². The number of likely N-dealkylation sites (tertiary alicyclic amines) is 1. The normalized spacial score (nSPS) is 17.8. The Hall–Kier alpha value is -3.28. The number of para-hydroxylation sites is 1. The van der Waals surface area contributed by atoms with E-state index in [9.17, 15) is 14.7 Å². The van der Waals surface area contributed by atoms with Crippen LogP contribution in [0.4, 0.5) is 0 Å². The third-order valence-corrected chi connectivity index (χ3v) is 5.89. The second kappa shape index (κ2) is 9.47. The van der Waals surface area contributed by atoms with Gasteiger partial charge in [0.05, 0.1) is 25.8 Å². The average molecular weight is 438 g/mol. The van der Waals surface area contributed by atoms with Gasteiger partial charge in [-0.15, -0.1) is 0 Å². The first-order chi connectivity index (χ1) is 15.3. The minimum absolute atomic E-state index is 0.0796. The number of carbonyl (C=O) groups is 2. The third kappa shape index (κ3) is 3.97. The van der Waals surface area contributed by atoms with Crippen LogP contribution in [0, 0.1) is 6.92 Å². The van der Waals surface area contributed by atoms with Crippen molar-refractivity contribution in [3.8, 4) is 11.5 Å². The summed E-state index contributed by atoms with van der Waals surface area (Å²) in [6.07, 6.45) is 0.678. The summed E-state index contributed by atoms with van der Waals surface area (Å²) in [6, 6.07) is 10.2. The van der Waals surface area contributed by atoms with Crippen LogP contribution < -0.4 is 9.47 Å². The van der Waals surface area contributed by atoms with Gasteiger partial charge in [-0.2, -0.15) is 0 Å². The Labute approximate surface area is 189 Å². The number of nitrogens with zero attached hydrogens (tertiary/aromatic N) is 1. The van der Waals surface area contributed by atoms with E-state index in [1.807, 2.05) is 58.0 Å². The summed E-state index contributed by atoms with van der Waals surface area (Å²) >= 11 is 0. The van der Waals surface area contributed by atoms with Crippen LogP contribution in [0.2, 0.25) is 0 Å². The Morgan fingerprint density at radius 2 is 1.75 bits per heavy atom. The monoisotopic (exact) mass is 437 g/mol. The zero-order chi connectivity index (χ0) is 23.6. The second-order valence-electron chi connectivity index (χ2n) is 8.30. The molecule has 1 aliphatic rings. The number of methoxy groups -OCH3 is 2. The number of ketones is 1. The Kier molecular flexibility index (Phi) is 6.92. The molecule has 1 unspecified atom stereocenters. The highest BCUT2D eigenvalue weighted by atomic mass is 16.5. The van der Waals surface area contributed by atoms with Crippen molar-refractivity contribution in [2.24, 2.45) is 0 Å². The average Bonchev–Trinajstić information content (AvgIpc) is 3.03. The van der Waals surface area contributed by atoms with Gasteiger partial charge in [-0.05, 0) is 48.6 Å². The van der Waals surface area contributed by atoms with Gasteiger partial charge in [0.1, 0.15) is 17.3 Å². The summed E-state index contributed by atoms with van der Waals surface area (Å²) in [5, 5.41) is 11.4. The first-order valence-corrected chi connectivity index (χ1v) is 10.9. The molecule has 1 atom stereocenters. The summed E-state index contributed by atoms with van der Waals surface area (Å²) in [6.45, 7) is 8.25. The summed E-state index contributed by atoms with van der Waals surface area (Å²) < 4.78 is 11.0. The number of aliphatic hydroxyl groups is 1. The lowest BCUT2D eigenvalue weighted by atomic mass is 9.90. The molecule has 2 aromatic rings. The Balaban J connectivity index is 2.30. The van der Waals surface area contributed by atoms with Crippen LogP contribution in [0.25, 0.3) is 5.76 Å². The molecule has 1 amide bonds. The molecule has 6 nitrogen and oxygen atoms in total. The number of hydrogen-bond donors (Lipinski definition) is 1. The lowest BCUT2D eigenvalue weighted by Gasteiger charge is -2.26. The fourth-order valence-electron chi connectivity index (χ4n) is 4.29. The standard InChI is InChI=1S/C26H31NO5/c1-7-12-27-23(17-10-8-9-11-20(17)31-5)22(25(29)26(27)30)24(28)19-14-18(15(2)3)21(32-6)13-16(19)4/h8-11,13-15,23,28H,7,12H2,1-6H3/b24-22+. The molecule has 0 radical (unpaired) electrons. The molecule has 170 valence electrons. The Bertz CT molecular complexity index is 1070. The molecular weight excluding hydrogens is 406 g/mol. The highest BCUT2D eigenvalue weighted by Crippen LogP contribution is 2.43. The van der Waals surface area contributed by atoms with E-state index in [-0.39, 0.29) is 17.3 Å². The Morgan fingerprint density at radius 1 is 1.09 bits per heavy atom. The van der Waals surface area contributed by atoms with E-state index in [1.165, 1.54) is 4.90 Å². The predicted molar refractivity (Wildman–Crippen MR) is 124 cm³/mol. The molecule has 2 aromatic carbocycles. The third-order valence-electron chi connectivity index (χ3n) is 5.89. The van der Waals surface area contributed by atoms with E-state index < -0.39 is 17.7 Å². The fourth-order valence-corrected chi connectivity index (χ4v) is 4.29. The molecule has 1 N–H and O–H groups in total. The Morgan fingerprint density at radius 3 is 2.34 bits per heavy atom. The van der Waals surface area contributed by atoms with Crippen molar-refractivity contribution in [3.05, 3.63) is 64.2 Å². The molecule has 1 heterocycles. The van der Waals surface area contributed by atoms with Crippen molar-refractivity contribution < 1.29 is 24.2 Å². The largest absolute Gasteiger partial charge is 0.507 e. The maximum Gasteiger partial charge on any atom is 0.295 e. The van der Waals surface area contributed by atoms with Crippen molar-refractivity contribution in [2.75, 3.05) is 20.8 Å². The molecule has 0 aliphatic carbocycles. The lowest BCUT2D eigenvalue weighted by Crippen LogP contribution is -2.30. The first-order valence-electron chi connectivity index (χ1n) is 10.9. The summed E-state index contributed by atoms with van der Waals surface area (Å²) in [5.74, 6) is -0.0558. The van der Waals surface area contributed by atoms with Crippen molar-refractivity contribution in [1.29, 1.82) is 0 Å². The highest BCUT2D eigenvalue weighted by molar-refractivity contribution is 6.46. The topological polar surface area (TPSA) is 76.1 Å². The molecule has 0 aromatic heterocycles. The van der Waals surface area contributed by atoms with E-state index in [2.05, 4.69) is 0 Å². The van der Waals surface area contributed by atoms with Crippen molar-refractivity contribution >= 4 is 17.4 Å². The zero-order valence-electron chi connectivity index (χ0n) is 19.6. The van der Waals surface area contributed by atoms with E-state index in [1.54, 1.807) is 20.3 Å². The van der Waals surface area contributed by atoms with Crippen LogP contribution in [0.3, 0.4) is 0 Å². The van der Waals surface area contributed by atoms with Crippen molar-refractivity contribution in [2.45, 2.75) is 46.1 Å². The number of aliphatic hydroxyl groups excluding tert-OH is 1. The van der Waals surface area contributed by atoms with E-state index in [0.717, 1.165) is 16.9 Å². The van der Waals surface area contributed by atoms with Gasteiger partial charge in [0.15, 0.2) is 0 Å². The second-order valence-corrected chi connectivity index (χ2v) is 8.30. The van der Waals surface area contributed by atoms with Crippen molar-refractivity contribution in [3.63, 3.8) is 0 Å². The van der Waals surface area contributed by atoms with Crippen LogP contribution in [-0.4, -0.2) is 42.5 Å². The molecule has 0 spiro atoms. The van der Waals surface area contributed by atoms with Crippen LogP contribution in [0.5, 0.6) is 11.5 Å². The quantitative estimate of drug-likeness (QED) is 0.376. The molecule has 1 fully saturated rings. The van der Waals surface area contributed by atoms with E-state index in [4.69, 9.17) is 9.47 Å². The van der Waals surface area contributed by atoms with Crippen LogP contribution in [0.15, 0.2) is 42.0 Å². The number of carbonyl (C=O) groups excluding carboxylic acids is 2. The smallest absolute Gasteiger partial charge is 0.295 e. The molecule has 1 saturated heterocycles. The molecule has 0 saturated carbocycles. The molecule has 32 heavy (non-hydrogen) atoms. The van der Waals surface area contributed by atoms with Gasteiger partial charge in [-0.25, -0.2) is 0 Å². The maximum atomic E-state index is 13.2. The molecule has 1 aliphatic heterocycles. The number of benzene rings is 2. The predicted octanol–water partition coefficient (Wildman–Crippen LogP) is 4.97. The number of hydrogen-bond acceptors (Lipinski definition) is 5. The van der Waals surface area contributed by atoms with Gasteiger partial charge in [-0.1, -0.05) is 39.0 Å². The van der Waals surface area contributed by atoms with Crippen LogP contribution in [0.1, 0.15) is 61.4 Å². The van der Waals surface area contributed by atoms with Crippen molar-refractivity contribution in [1.82, 2.24) is 4.90 Å². The van der Waals surface area contributed by atoms with Gasteiger partial charge in [0.25, 0.3) is 11.7 Å². The van der Waals surface area contributed by atoms with E-state index >= 15 is 0 Å². The van der Waals surface area contributed by atoms with Gasteiger partial charge >= 0.3 is 0 Å². The lowest BCUT2D eigenvalue weighted by molar-refractivity contribution is -0.139. The first kappa shape index (κ1) is 23.4. The van der Waals surface area contributed by atoms with Gasteiger partial charge in [0.2, 0.25) is 0 Å². The SMILES string of the molecule is CCCN1C(=O)C(=O)/C(=C(/O)c2cc(C(C)C)c(OC)cc2C)C1c1ccccc1OC. The zero-order valence-corrected chi connectivity index (χ0v) is 19.6. The molecular formula is C26H31NO5. The van der Waals surface area contributed by atoms with Crippen LogP contribution >= 0.6 is 0 Å². The summed E-state index contributed by atoms with van der Waals surface area (Å²) in [5.41, 5.74) is 2.93. The molecule has 0 bridgehead atoms. The van der Waals surface area contributed by atoms with Gasteiger partial charge < -0.3 is 19.5 Å². The number of aryl methyl sites for hydroxylation is 1. The van der Waals surface area contributed by atoms with E-state index in [0.29, 0.717) is 29.8 Å². The van der Waals surface area contributed by atoms with Gasteiger partial charge in [0, 0.05) is 17.7 Å². The number of rotatable bonds is 7. The van der Waals surface area contributed by atoms with Crippen LogP contribution in [-0.2, 0) is 9.59 Å². The number of Topliss-reactive ketones (excluding diaryl/α,β-unsaturated/α-hetero) is 1. The summed E-state index contributed by atoms with van der Waals surface area (Å²) in [4.78, 5) is 27.6. The minimum atomic E-state index is -0.727. The maximum absolute atomic E-state index is 13.2. The number of amides is 1. The summed E-state index contributed by atoms with van der Waals surface area (Å²) in [7, 11) is 3.16. The molecule has 6 heteroatoms.